The second kappa shape index (κ2) is 6.83. The largest absolute Gasteiger partial charge is 0.354 e. The molecule has 0 unspecified atom stereocenters. The summed E-state index contributed by atoms with van der Waals surface area (Å²) in [6, 6.07) is 0. The number of amides is 1. The van der Waals surface area contributed by atoms with Crippen molar-refractivity contribution in [3.8, 4) is 0 Å². The molecular weight excluding hydrogens is 272 g/mol. The Morgan fingerprint density at radius 2 is 2.45 bits per heavy atom. The van der Waals surface area contributed by atoms with Gasteiger partial charge in [-0.2, -0.15) is 5.10 Å². The molecule has 0 saturated heterocycles. The Labute approximate surface area is 124 Å². The van der Waals surface area contributed by atoms with Crippen molar-refractivity contribution >= 4 is 18.1 Å². The van der Waals surface area contributed by atoms with Crippen LogP contribution in [0.1, 0.15) is 44.9 Å². The Bertz CT molecular complexity index is 544. The molecule has 1 aromatic heterocycles. The van der Waals surface area contributed by atoms with Crippen LogP contribution in [0.5, 0.6) is 0 Å². The van der Waals surface area contributed by atoms with Gasteiger partial charge < -0.3 is 9.88 Å². The Morgan fingerprint density at radius 1 is 1.65 bits per heavy atom. The number of rotatable bonds is 6. The van der Waals surface area contributed by atoms with Crippen molar-refractivity contribution in [2.75, 3.05) is 6.54 Å². The second-order valence-electron chi connectivity index (χ2n) is 5.51. The van der Waals surface area contributed by atoms with Crippen molar-refractivity contribution in [1.82, 2.24) is 20.1 Å². The number of carbonyl (C=O) groups excluding carboxylic acids is 1. The van der Waals surface area contributed by atoms with Crippen LogP contribution in [0.2, 0.25) is 0 Å². The minimum Gasteiger partial charge on any atom is -0.354 e. The maximum atomic E-state index is 11.8. The number of carbonyl (C=O) groups is 1. The lowest BCUT2D eigenvalue weighted by Crippen LogP contribution is -2.28. The van der Waals surface area contributed by atoms with Crippen LogP contribution in [0.4, 0.5) is 0 Å². The van der Waals surface area contributed by atoms with Crippen LogP contribution in [0.3, 0.4) is 0 Å². The average molecular weight is 294 g/mol. The quantitative estimate of drug-likeness (QED) is 0.626. The van der Waals surface area contributed by atoms with Crippen molar-refractivity contribution in [1.29, 1.82) is 0 Å². The number of H-pyrrole nitrogens is 1. The molecule has 0 saturated carbocycles. The number of aromatic nitrogens is 3. The van der Waals surface area contributed by atoms with Gasteiger partial charge in [0, 0.05) is 25.4 Å². The highest BCUT2D eigenvalue weighted by Crippen LogP contribution is 2.19. The first-order valence-corrected chi connectivity index (χ1v) is 7.57. The summed E-state index contributed by atoms with van der Waals surface area (Å²) in [5.41, 5.74) is 0. The predicted octanol–water partition coefficient (Wildman–Crippen LogP) is 2.54. The van der Waals surface area contributed by atoms with Gasteiger partial charge in [-0.05, 0) is 31.0 Å². The van der Waals surface area contributed by atoms with Crippen molar-refractivity contribution < 1.29 is 4.79 Å². The van der Waals surface area contributed by atoms with Crippen LogP contribution in [0.15, 0.2) is 12.2 Å². The first kappa shape index (κ1) is 15.0. The summed E-state index contributed by atoms with van der Waals surface area (Å²) in [7, 11) is 0. The smallest absolute Gasteiger partial charge is 0.220 e. The monoisotopic (exact) mass is 294 g/mol. The van der Waals surface area contributed by atoms with Gasteiger partial charge in [-0.15, -0.1) is 0 Å². The van der Waals surface area contributed by atoms with E-state index in [1.54, 1.807) is 0 Å². The maximum absolute atomic E-state index is 11.8. The molecule has 0 spiro atoms. The lowest BCUT2D eigenvalue weighted by Gasteiger charge is -2.11. The van der Waals surface area contributed by atoms with Crippen molar-refractivity contribution in [3.05, 3.63) is 22.7 Å². The summed E-state index contributed by atoms with van der Waals surface area (Å²) < 4.78 is 2.57. The molecule has 0 fully saturated rings. The minimum atomic E-state index is 0.114. The Balaban J connectivity index is 1.80. The van der Waals surface area contributed by atoms with Gasteiger partial charge in [0.25, 0.3) is 0 Å². The molecular formula is C14H22N4OS. The molecule has 1 aliphatic rings. The first-order chi connectivity index (χ1) is 9.58. The third kappa shape index (κ3) is 3.79. The summed E-state index contributed by atoms with van der Waals surface area (Å²) in [5, 5.41) is 9.99. The van der Waals surface area contributed by atoms with Gasteiger partial charge in [0.1, 0.15) is 5.82 Å². The third-order valence-electron chi connectivity index (χ3n) is 3.52. The van der Waals surface area contributed by atoms with Gasteiger partial charge in [0.2, 0.25) is 5.91 Å². The van der Waals surface area contributed by atoms with Crippen LogP contribution >= 0.6 is 12.2 Å². The van der Waals surface area contributed by atoms with E-state index in [1.807, 2.05) is 4.57 Å². The highest BCUT2D eigenvalue weighted by Gasteiger charge is 2.14. The van der Waals surface area contributed by atoms with Crippen LogP contribution in [0, 0.1) is 10.7 Å². The Kier molecular flexibility index (Phi) is 5.11. The topological polar surface area (TPSA) is 62.7 Å². The van der Waals surface area contributed by atoms with E-state index >= 15 is 0 Å². The average Bonchev–Trinajstić information content (AvgIpc) is 3.00. The van der Waals surface area contributed by atoms with Crippen LogP contribution in [0.25, 0.3) is 0 Å². The van der Waals surface area contributed by atoms with E-state index in [2.05, 4.69) is 41.5 Å². The summed E-state index contributed by atoms with van der Waals surface area (Å²) in [4.78, 5) is 11.8. The molecule has 5 nitrogen and oxygen atoms in total. The normalized spacial score (nSPS) is 17.9. The number of aromatic amines is 1. The van der Waals surface area contributed by atoms with E-state index in [0.29, 0.717) is 36.1 Å². The molecule has 2 rings (SSSR count). The molecule has 1 atom stereocenters. The predicted molar refractivity (Wildman–Crippen MR) is 81.0 cm³/mol. The van der Waals surface area contributed by atoms with E-state index in [0.717, 1.165) is 18.7 Å². The minimum absolute atomic E-state index is 0.114. The van der Waals surface area contributed by atoms with Crippen LogP contribution in [-0.2, 0) is 11.3 Å². The zero-order valence-electron chi connectivity index (χ0n) is 12.1. The zero-order chi connectivity index (χ0) is 14.5. The van der Waals surface area contributed by atoms with Gasteiger partial charge in [0.15, 0.2) is 4.77 Å². The summed E-state index contributed by atoms with van der Waals surface area (Å²) in [5.74, 6) is 1.77. The third-order valence-corrected chi connectivity index (χ3v) is 3.83. The number of hydrogen-bond donors (Lipinski definition) is 2. The zero-order valence-corrected chi connectivity index (χ0v) is 12.9. The lowest BCUT2D eigenvalue weighted by molar-refractivity contribution is -0.121. The molecule has 6 heteroatoms. The molecule has 0 aromatic carbocycles. The van der Waals surface area contributed by atoms with Gasteiger partial charge >= 0.3 is 0 Å². The highest BCUT2D eigenvalue weighted by molar-refractivity contribution is 7.71. The highest BCUT2D eigenvalue weighted by atomic mass is 32.1. The fourth-order valence-corrected chi connectivity index (χ4v) is 2.70. The lowest BCUT2D eigenvalue weighted by atomic mass is 10.1. The maximum Gasteiger partial charge on any atom is 0.220 e. The summed E-state index contributed by atoms with van der Waals surface area (Å²) >= 11 is 5.21. The fourth-order valence-electron chi connectivity index (χ4n) is 2.47. The van der Waals surface area contributed by atoms with E-state index in [1.165, 1.54) is 0 Å². The van der Waals surface area contributed by atoms with E-state index in [-0.39, 0.29) is 5.91 Å². The first-order valence-electron chi connectivity index (χ1n) is 7.16. The molecule has 20 heavy (non-hydrogen) atoms. The molecule has 1 aliphatic carbocycles. The molecule has 2 N–H and O–H groups in total. The Morgan fingerprint density at radius 3 is 3.10 bits per heavy atom. The van der Waals surface area contributed by atoms with Gasteiger partial charge in [-0.25, -0.2) is 0 Å². The Hall–Kier alpha value is -1.43. The molecule has 0 radical (unpaired) electrons. The molecule has 110 valence electrons. The van der Waals surface area contributed by atoms with Crippen LogP contribution in [-0.4, -0.2) is 27.2 Å². The molecule has 1 aromatic rings. The van der Waals surface area contributed by atoms with Crippen molar-refractivity contribution in [3.63, 3.8) is 0 Å². The number of allylic oxidation sites excluding steroid dienone is 2. The van der Waals surface area contributed by atoms with Gasteiger partial charge in [-0.1, -0.05) is 26.0 Å². The van der Waals surface area contributed by atoms with Crippen molar-refractivity contribution in [2.24, 2.45) is 5.92 Å². The van der Waals surface area contributed by atoms with Crippen LogP contribution < -0.4 is 5.32 Å². The molecule has 1 heterocycles. The van der Waals surface area contributed by atoms with E-state index in [9.17, 15) is 4.79 Å². The number of nitrogens with zero attached hydrogens (tertiary/aromatic N) is 2. The van der Waals surface area contributed by atoms with E-state index in [4.69, 9.17) is 12.2 Å². The second-order valence-corrected chi connectivity index (χ2v) is 5.90. The number of nitrogens with one attached hydrogen (secondary N) is 2. The summed E-state index contributed by atoms with van der Waals surface area (Å²) in [6.07, 6.45) is 7.07. The van der Waals surface area contributed by atoms with E-state index < -0.39 is 0 Å². The van der Waals surface area contributed by atoms with Gasteiger partial charge in [-0.3, -0.25) is 9.89 Å². The molecule has 0 aliphatic heterocycles. The SMILES string of the molecule is CC(C)c1n[nH]c(=S)n1CCNC(=O)C[C@H]1C=CCC1. The van der Waals surface area contributed by atoms with Gasteiger partial charge in [0.05, 0.1) is 0 Å². The summed E-state index contributed by atoms with van der Waals surface area (Å²) in [6.45, 7) is 5.40. The molecule has 0 bridgehead atoms. The van der Waals surface area contributed by atoms with Crippen molar-refractivity contribution in [2.45, 2.75) is 45.6 Å². The number of hydrogen-bond acceptors (Lipinski definition) is 3. The standard InChI is InChI=1S/C14H22N4OS/c1-10(2)13-16-17-14(20)18(13)8-7-15-12(19)9-11-5-3-4-6-11/h3,5,10-11H,4,6-9H2,1-2H3,(H,15,19)(H,17,20)/t11-/m0/s1. The molecule has 1 amide bonds. The fraction of sp³-hybridized carbons (Fsp3) is 0.643.